The van der Waals surface area contributed by atoms with Gasteiger partial charge in [0.25, 0.3) is 0 Å². The fourth-order valence-corrected chi connectivity index (χ4v) is 4.88. The van der Waals surface area contributed by atoms with Crippen molar-refractivity contribution in [3.8, 4) is 0 Å². The normalized spacial score (nSPS) is 12.3. The van der Waals surface area contributed by atoms with E-state index in [1.54, 1.807) is 0 Å². The summed E-state index contributed by atoms with van der Waals surface area (Å²) in [6.07, 6.45) is 23.9. The quantitative estimate of drug-likeness (QED) is 0.0528. The van der Waals surface area contributed by atoms with Crippen LogP contribution in [0.4, 0.5) is 0 Å². The third-order valence-corrected chi connectivity index (χ3v) is 7.20. The predicted molar refractivity (Wildman–Crippen MR) is 130 cm³/mol. The van der Waals surface area contributed by atoms with Gasteiger partial charge in [-0.3, -0.25) is 0 Å². The minimum Gasteiger partial charge on any atom is -0.460 e. The number of carbonyl (C=O) groups excluding carboxylic acids is 1. The number of carbonyl (C=O) groups is 1. The molecule has 0 aromatic carbocycles. The van der Waals surface area contributed by atoms with E-state index in [0.29, 0.717) is 9.52 Å². The highest BCUT2D eigenvalue weighted by Crippen LogP contribution is 2.15. The van der Waals surface area contributed by atoms with Crippen molar-refractivity contribution < 1.29 is 9.53 Å². The summed E-state index contributed by atoms with van der Waals surface area (Å²) >= 11 is 11.5. The predicted octanol–water partition coefficient (Wildman–Crippen LogP) is 8.62. The van der Waals surface area contributed by atoms with E-state index >= 15 is 0 Å². The molecule has 0 saturated heterocycles. The van der Waals surface area contributed by atoms with Crippen LogP contribution in [-0.2, 0) is 9.53 Å². The highest BCUT2D eigenvalue weighted by atomic mass is 35.5. The van der Waals surface area contributed by atoms with Crippen molar-refractivity contribution in [1.82, 2.24) is 0 Å². The van der Waals surface area contributed by atoms with E-state index in [0.717, 1.165) is 12.8 Å². The number of hydrogen-bond acceptors (Lipinski definition) is 2. The Bertz CT molecular complexity index is 378. The zero-order valence-electron chi connectivity index (χ0n) is 18.7. The van der Waals surface area contributed by atoms with Gasteiger partial charge >= 0.3 is 5.97 Å². The van der Waals surface area contributed by atoms with E-state index in [9.17, 15) is 4.79 Å². The SMILES string of the molecule is C=CC(=O)OC(C)CCCCCCCCCCCCCCCCCC[Si]C(Cl)Cl. The van der Waals surface area contributed by atoms with Gasteiger partial charge in [0.2, 0.25) is 0 Å². The molecule has 1 atom stereocenters. The molecule has 0 aliphatic carbocycles. The molecule has 0 saturated carbocycles. The average Bonchev–Trinajstić information content (AvgIpc) is 2.69. The maximum Gasteiger partial charge on any atom is 0.330 e. The molecule has 2 nitrogen and oxygen atoms in total. The summed E-state index contributed by atoms with van der Waals surface area (Å²) in [5.74, 6) is -0.308. The second-order valence-electron chi connectivity index (χ2n) is 8.15. The zero-order valence-corrected chi connectivity index (χ0v) is 21.3. The smallest absolute Gasteiger partial charge is 0.330 e. The average molecular weight is 464 g/mol. The molecule has 29 heavy (non-hydrogen) atoms. The Labute approximate surface area is 193 Å². The van der Waals surface area contributed by atoms with Gasteiger partial charge in [-0.25, -0.2) is 4.79 Å². The van der Waals surface area contributed by atoms with Gasteiger partial charge in [-0.1, -0.05) is 109 Å². The second-order valence-corrected chi connectivity index (χ2v) is 11.5. The van der Waals surface area contributed by atoms with Crippen molar-refractivity contribution in [3.05, 3.63) is 12.7 Å². The summed E-state index contributed by atoms with van der Waals surface area (Å²) in [4.78, 5) is 11.1. The molecule has 0 aromatic heterocycles. The van der Waals surface area contributed by atoms with Crippen LogP contribution in [0.1, 0.15) is 116 Å². The van der Waals surface area contributed by atoms with Crippen molar-refractivity contribution in [3.63, 3.8) is 0 Å². The van der Waals surface area contributed by atoms with Crippen molar-refractivity contribution >= 4 is 38.7 Å². The first-order valence-corrected chi connectivity index (χ1v) is 14.1. The molecule has 0 spiro atoms. The van der Waals surface area contributed by atoms with Gasteiger partial charge in [0, 0.05) is 6.08 Å². The molecule has 0 rings (SSSR count). The molecule has 2 radical (unpaired) electrons. The van der Waals surface area contributed by atoms with E-state index in [1.807, 2.05) is 6.92 Å². The van der Waals surface area contributed by atoms with Crippen LogP contribution in [0, 0.1) is 0 Å². The number of ether oxygens (including phenoxy) is 1. The van der Waals surface area contributed by atoms with Gasteiger partial charge in [0.05, 0.1) is 20.1 Å². The van der Waals surface area contributed by atoms with Gasteiger partial charge in [0.1, 0.15) is 0 Å². The number of alkyl halides is 2. The van der Waals surface area contributed by atoms with Crippen LogP contribution < -0.4 is 0 Å². The van der Waals surface area contributed by atoms with Crippen LogP contribution >= 0.6 is 23.2 Å². The highest BCUT2D eigenvalue weighted by Gasteiger charge is 2.05. The number of hydrogen-bond donors (Lipinski definition) is 0. The molecule has 5 heteroatoms. The molecule has 1 unspecified atom stereocenters. The van der Waals surface area contributed by atoms with Gasteiger partial charge in [0.15, 0.2) is 0 Å². The fourth-order valence-electron chi connectivity index (χ4n) is 3.55. The number of rotatable bonds is 22. The largest absolute Gasteiger partial charge is 0.460 e. The molecule has 0 amide bonds. The Kier molecular flexibility index (Phi) is 22.7. The Balaban J connectivity index is 3.12. The fraction of sp³-hybridized carbons (Fsp3) is 0.875. The first-order chi connectivity index (χ1) is 14.1. The summed E-state index contributed by atoms with van der Waals surface area (Å²) in [5.41, 5.74) is 0. The molecule has 170 valence electrons. The first-order valence-electron chi connectivity index (χ1n) is 11.9. The summed E-state index contributed by atoms with van der Waals surface area (Å²) in [7, 11) is 0.711. The monoisotopic (exact) mass is 462 g/mol. The topological polar surface area (TPSA) is 26.3 Å². The van der Waals surface area contributed by atoms with Crippen LogP contribution in [0.3, 0.4) is 0 Å². The highest BCUT2D eigenvalue weighted by molar-refractivity contribution is 6.68. The molecule has 0 fully saturated rings. The minimum atomic E-state index is -0.308. The Morgan fingerprint density at radius 2 is 1.17 bits per heavy atom. The molecule has 0 aliphatic heterocycles. The summed E-state index contributed by atoms with van der Waals surface area (Å²) in [6.45, 7) is 5.38. The third-order valence-electron chi connectivity index (χ3n) is 5.32. The molecule has 0 bridgehead atoms. The van der Waals surface area contributed by atoms with Crippen molar-refractivity contribution in [2.45, 2.75) is 133 Å². The maximum absolute atomic E-state index is 11.1. The van der Waals surface area contributed by atoms with Crippen LogP contribution in [-0.4, -0.2) is 26.1 Å². The lowest BCUT2D eigenvalue weighted by atomic mass is 10.0. The van der Waals surface area contributed by atoms with Crippen molar-refractivity contribution in [2.24, 2.45) is 0 Å². The van der Waals surface area contributed by atoms with Crippen LogP contribution in [0.5, 0.6) is 0 Å². The van der Waals surface area contributed by atoms with E-state index in [4.69, 9.17) is 27.9 Å². The zero-order chi connectivity index (χ0) is 21.6. The molecule has 0 aromatic rings. The van der Waals surface area contributed by atoms with Crippen molar-refractivity contribution in [2.75, 3.05) is 0 Å². The second kappa shape index (κ2) is 22.7. The molecule has 0 heterocycles. The standard InChI is InChI=1S/C24H44Cl2O2Si/c1-3-23(27)28-22(2)20-18-16-14-12-10-8-6-4-5-7-9-11-13-15-17-19-21-29-24(25)26/h3,22,24H,1,4-21H2,2H3. The van der Waals surface area contributed by atoms with Crippen LogP contribution in [0.2, 0.25) is 6.04 Å². The van der Waals surface area contributed by atoms with E-state index in [1.165, 1.54) is 108 Å². The van der Waals surface area contributed by atoms with Crippen LogP contribution in [0.15, 0.2) is 12.7 Å². The summed E-state index contributed by atoms with van der Waals surface area (Å²) in [6, 6.07) is 1.20. The molecule has 0 N–H and O–H groups in total. The maximum atomic E-state index is 11.1. The Morgan fingerprint density at radius 3 is 1.55 bits per heavy atom. The van der Waals surface area contributed by atoms with Crippen molar-refractivity contribution in [1.29, 1.82) is 0 Å². The lowest BCUT2D eigenvalue weighted by molar-refractivity contribution is -0.142. The van der Waals surface area contributed by atoms with Gasteiger partial charge < -0.3 is 4.74 Å². The van der Waals surface area contributed by atoms with Gasteiger partial charge in [-0.2, -0.15) is 0 Å². The van der Waals surface area contributed by atoms with Gasteiger partial charge in [-0.15, -0.1) is 23.2 Å². The van der Waals surface area contributed by atoms with Crippen LogP contribution in [0.25, 0.3) is 0 Å². The third kappa shape index (κ3) is 24.1. The molecular weight excluding hydrogens is 419 g/mol. The first kappa shape index (κ1) is 29.0. The summed E-state index contributed by atoms with van der Waals surface area (Å²) in [5, 5.41) is 0. The Morgan fingerprint density at radius 1 is 0.793 bits per heavy atom. The Hall–Kier alpha value is 0.00688. The number of halogens is 2. The van der Waals surface area contributed by atoms with E-state index in [-0.39, 0.29) is 16.5 Å². The van der Waals surface area contributed by atoms with E-state index < -0.39 is 0 Å². The van der Waals surface area contributed by atoms with Gasteiger partial charge in [-0.05, 0) is 19.8 Å². The number of esters is 1. The molecule has 0 aliphatic rings. The lowest BCUT2D eigenvalue weighted by Crippen LogP contribution is -2.12. The summed E-state index contributed by atoms with van der Waals surface area (Å²) < 4.78 is 5.03. The van der Waals surface area contributed by atoms with E-state index in [2.05, 4.69) is 6.58 Å². The lowest BCUT2D eigenvalue weighted by Gasteiger charge is -2.11. The number of unbranched alkanes of at least 4 members (excludes halogenated alkanes) is 15. The molecular formula is C24H44Cl2O2Si. The minimum absolute atomic E-state index is 0.0149.